The molecule has 2 aliphatic heterocycles. The molecule has 9 heteroatoms. The van der Waals surface area contributed by atoms with Crippen molar-refractivity contribution in [3.63, 3.8) is 0 Å². The first-order chi connectivity index (χ1) is 16.8. The van der Waals surface area contributed by atoms with E-state index in [0.29, 0.717) is 26.3 Å². The summed E-state index contributed by atoms with van der Waals surface area (Å²) in [6, 6.07) is 10.6. The van der Waals surface area contributed by atoms with E-state index < -0.39 is 0 Å². The number of aromatic nitrogens is 2. The number of anilines is 1. The first-order valence-electron chi connectivity index (χ1n) is 12.1. The number of piperazine rings is 1. The van der Waals surface area contributed by atoms with Gasteiger partial charge in [-0.15, -0.1) is 23.1 Å². The molecule has 0 spiro atoms. The van der Waals surface area contributed by atoms with E-state index in [-0.39, 0.29) is 6.03 Å². The highest BCUT2D eigenvalue weighted by Crippen LogP contribution is 2.41. The fraction of sp³-hybridized carbons (Fsp3) is 0.480. The van der Waals surface area contributed by atoms with Crippen molar-refractivity contribution in [2.24, 2.45) is 0 Å². The van der Waals surface area contributed by atoms with Crippen LogP contribution in [-0.4, -0.2) is 78.3 Å². The van der Waals surface area contributed by atoms with Crippen molar-refractivity contribution < 1.29 is 9.53 Å². The minimum absolute atomic E-state index is 0.146. The highest BCUT2D eigenvalue weighted by Gasteiger charge is 2.30. The number of carbonyl (C=O) groups is 1. The van der Waals surface area contributed by atoms with Crippen LogP contribution in [-0.2, 0) is 23.3 Å². The second-order valence-electron chi connectivity index (χ2n) is 8.96. The van der Waals surface area contributed by atoms with Crippen molar-refractivity contribution in [2.45, 2.75) is 29.9 Å². The molecular formula is C25H29N5O2S2. The molecule has 4 heterocycles. The highest BCUT2D eigenvalue weighted by atomic mass is 32.2. The molecule has 3 aromatic rings. The normalized spacial score (nSPS) is 18.5. The van der Waals surface area contributed by atoms with Crippen LogP contribution in [0.4, 0.5) is 10.6 Å². The number of carbonyl (C=O) groups excluding carboxylic acids is 1. The number of thiophene rings is 1. The van der Waals surface area contributed by atoms with Gasteiger partial charge in [-0.25, -0.2) is 14.8 Å². The molecule has 34 heavy (non-hydrogen) atoms. The van der Waals surface area contributed by atoms with E-state index in [0.717, 1.165) is 61.2 Å². The van der Waals surface area contributed by atoms with Gasteiger partial charge < -0.3 is 19.4 Å². The number of fused-ring (bicyclic) bond motifs is 3. The van der Waals surface area contributed by atoms with Crippen molar-refractivity contribution in [1.82, 2.24) is 19.8 Å². The number of benzene rings is 1. The van der Waals surface area contributed by atoms with E-state index in [1.807, 2.05) is 27.2 Å². The summed E-state index contributed by atoms with van der Waals surface area (Å²) in [5.74, 6) is 2.72. The lowest BCUT2D eigenvalue weighted by Gasteiger charge is -2.39. The maximum Gasteiger partial charge on any atom is 0.320 e. The van der Waals surface area contributed by atoms with Gasteiger partial charge in [0.2, 0.25) is 0 Å². The van der Waals surface area contributed by atoms with Gasteiger partial charge in [-0.05, 0) is 37.0 Å². The maximum atomic E-state index is 12.9. The minimum Gasteiger partial charge on any atom is -0.378 e. The van der Waals surface area contributed by atoms with Crippen molar-refractivity contribution in [3.8, 4) is 0 Å². The smallest absolute Gasteiger partial charge is 0.320 e. The Morgan fingerprint density at radius 1 is 0.971 bits per heavy atom. The Labute approximate surface area is 208 Å². The second-order valence-corrected chi connectivity index (χ2v) is 11.1. The van der Waals surface area contributed by atoms with Gasteiger partial charge in [0.15, 0.2) is 0 Å². The molecule has 1 aliphatic carbocycles. The summed E-state index contributed by atoms with van der Waals surface area (Å²) in [6.45, 7) is 5.71. The topological polar surface area (TPSA) is 61.8 Å². The first-order valence-corrected chi connectivity index (χ1v) is 13.9. The molecule has 2 amide bonds. The standard InChI is InChI=1S/C25H29N5O2S2/c31-25(30-13-15-32-16-14-30)29-11-9-28(10-12-29)23-22-19-7-4-8-20(19)34-24(22)27-21(26-23)17-33-18-5-2-1-3-6-18/h1-3,5-6H,4,7-17H2. The average molecular weight is 496 g/mol. The van der Waals surface area contributed by atoms with Gasteiger partial charge in [0.25, 0.3) is 0 Å². The van der Waals surface area contributed by atoms with Gasteiger partial charge in [0, 0.05) is 49.0 Å². The monoisotopic (exact) mass is 495 g/mol. The quantitative estimate of drug-likeness (QED) is 0.509. The zero-order chi connectivity index (χ0) is 22.9. The van der Waals surface area contributed by atoms with Gasteiger partial charge in [0.1, 0.15) is 16.5 Å². The maximum absolute atomic E-state index is 12.9. The van der Waals surface area contributed by atoms with Crippen LogP contribution in [0, 0.1) is 0 Å². The lowest BCUT2D eigenvalue weighted by atomic mass is 10.1. The molecular weight excluding hydrogens is 466 g/mol. The third-order valence-corrected chi connectivity index (χ3v) is 9.03. The van der Waals surface area contributed by atoms with Crippen LogP contribution >= 0.6 is 23.1 Å². The van der Waals surface area contributed by atoms with E-state index in [1.54, 1.807) is 11.8 Å². The largest absolute Gasteiger partial charge is 0.378 e. The lowest BCUT2D eigenvalue weighted by molar-refractivity contribution is 0.0428. The number of morpholine rings is 1. The Hall–Kier alpha value is -2.36. The summed E-state index contributed by atoms with van der Waals surface area (Å²) in [4.78, 5) is 33.2. The number of amides is 2. The Morgan fingerprint density at radius 3 is 2.53 bits per heavy atom. The zero-order valence-electron chi connectivity index (χ0n) is 19.2. The lowest BCUT2D eigenvalue weighted by Crippen LogP contribution is -2.55. The predicted molar refractivity (Wildman–Crippen MR) is 137 cm³/mol. The summed E-state index contributed by atoms with van der Waals surface area (Å²) >= 11 is 3.64. The van der Waals surface area contributed by atoms with Gasteiger partial charge in [0.05, 0.1) is 24.4 Å². The number of thioether (sulfide) groups is 1. The number of urea groups is 1. The molecule has 0 bridgehead atoms. The van der Waals surface area contributed by atoms with Gasteiger partial charge >= 0.3 is 6.03 Å². The molecule has 7 nitrogen and oxygen atoms in total. The third kappa shape index (κ3) is 4.36. The SMILES string of the molecule is O=C(N1CCOCC1)N1CCN(c2nc(CSc3ccccc3)nc3sc4c(c23)CCC4)CC1. The van der Waals surface area contributed by atoms with Crippen molar-refractivity contribution in [2.75, 3.05) is 57.4 Å². The Balaban J connectivity index is 1.23. The molecule has 1 aromatic carbocycles. The number of nitrogens with zero attached hydrogens (tertiary/aromatic N) is 5. The van der Waals surface area contributed by atoms with Gasteiger partial charge in [-0.1, -0.05) is 18.2 Å². The summed E-state index contributed by atoms with van der Waals surface area (Å²) in [5.41, 5.74) is 1.46. The minimum atomic E-state index is 0.146. The highest BCUT2D eigenvalue weighted by molar-refractivity contribution is 7.98. The molecule has 2 aromatic heterocycles. The van der Waals surface area contributed by atoms with Crippen LogP contribution in [0.3, 0.4) is 0 Å². The Kier molecular flexibility index (Phi) is 6.32. The van der Waals surface area contributed by atoms with Gasteiger partial charge in [-0.3, -0.25) is 0 Å². The summed E-state index contributed by atoms with van der Waals surface area (Å²) < 4.78 is 5.41. The summed E-state index contributed by atoms with van der Waals surface area (Å²) in [5, 5.41) is 1.26. The molecule has 178 valence electrons. The number of hydrogen-bond acceptors (Lipinski definition) is 7. The molecule has 6 rings (SSSR count). The van der Waals surface area contributed by atoms with Crippen LogP contribution < -0.4 is 4.90 Å². The van der Waals surface area contributed by atoms with E-state index in [9.17, 15) is 4.79 Å². The Bertz CT molecular complexity index is 1170. The molecule has 0 unspecified atom stereocenters. The van der Waals surface area contributed by atoms with Crippen molar-refractivity contribution >= 4 is 45.2 Å². The van der Waals surface area contributed by atoms with Gasteiger partial charge in [-0.2, -0.15) is 0 Å². The number of aryl methyl sites for hydroxylation is 2. The van der Waals surface area contributed by atoms with E-state index in [1.165, 1.54) is 27.1 Å². The molecule has 0 saturated carbocycles. The van der Waals surface area contributed by atoms with E-state index in [4.69, 9.17) is 14.7 Å². The molecule has 2 saturated heterocycles. The third-order valence-electron chi connectivity index (χ3n) is 6.83. The first kappa shape index (κ1) is 22.1. The summed E-state index contributed by atoms with van der Waals surface area (Å²) in [6.07, 6.45) is 3.51. The van der Waals surface area contributed by atoms with Crippen LogP contribution in [0.2, 0.25) is 0 Å². The molecule has 0 radical (unpaired) electrons. The average Bonchev–Trinajstić information content (AvgIpc) is 3.49. The fourth-order valence-corrected chi connectivity index (χ4v) is 7.09. The number of rotatable bonds is 4. The predicted octanol–water partition coefficient (Wildman–Crippen LogP) is 4.05. The fourth-order valence-electron chi connectivity index (χ4n) is 5.04. The molecule has 0 atom stereocenters. The number of hydrogen-bond donors (Lipinski definition) is 0. The zero-order valence-corrected chi connectivity index (χ0v) is 20.9. The molecule has 3 aliphatic rings. The van der Waals surface area contributed by atoms with E-state index >= 15 is 0 Å². The van der Waals surface area contributed by atoms with Crippen LogP contribution in [0.1, 0.15) is 22.7 Å². The Morgan fingerprint density at radius 2 is 1.74 bits per heavy atom. The van der Waals surface area contributed by atoms with Crippen LogP contribution in [0.15, 0.2) is 35.2 Å². The second kappa shape index (κ2) is 9.71. The van der Waals surface area contributed by atoms with E-state index in [2.05, 4.69) is 29.2 Å². The number of ether oxygens (including phenoxy) is 1. The molecule has 2 fully saturated rings. The van der Waals surface area contributed by atoms with Crippen LogP contribution in [0.5, 0.6) is 0 Å². The molecule has 0 N–H and O–H groups in total. The van der Waals surface area contributed by atoms with Crippen molar-refractivity contribution in [3.05, 3.63) is 46.6 Å². The van der Waals surface area contributed by atoms with Crippen molar-refractivity contribution in [1.29, 1.82) is 0 Å². The summed E-state index contributed by atoms with van der Waals surface area (Å²) in [7, 11) is 0. The van der Waals surface area contributed by atoms with Crippen LogP contribution in [0.25, 0.3) is 10.2 Å².